The van der Waals surface area contributed by atoms with Crippen LogP contribution in [0.5, 0.6) is 0 Å². The van der Waals surface area contributed by atoms with Crippen molar-refractivity contribution >= 4 is 6.29 Å². The molecular formula is C7H7N3O. The molecule has 0 aromatic carbocycles. The molecule has 1 unspecified atom stereocenters. The van der Waals surface area contributed by atoms with E-state index in [4.69, 9.17) is 5.26 Å². The number of rotatable bonds is 2. The Balaban J connectivity index is 3.03. The van der Waals surface area contributed by atoms with Gasteiger partial charge in [0, 0.05) is 0 Å². The van der Waals surface area contributed by atoms with E-state index in [2.05, 4.69) is 4.98 Å². The SMILES string of the molecule is CC(C#N)n1cncc1C=O. The molecular weight excluding hydrogens is 142 g/mol. The van der Waals surface area contributed by atoms with Gasteiger partial charge in [0.05, 0.1) is 18.6 Å². The minimum absolute atomic E-state index is 0.335. The molecule has 1 aromatic heterocycles. The van der Waals surface area contributed by atoms with Crippen LogP contribution in [0.2, 0.25) is 0 Å². The van der Waals surface area contributed by atoms with Crippen molar-refractivity contribution in [1.82, 2.24) is 9.55 Å². The first-order chi connectivity index (χ1) is 5.29. The fourth-order valence-corrected chi connectivity index (χ4v) is 0.792. The highest BCUT2D eigenvalue weighted by Crippen LogP contribution is 2.05. The molecule has 1 rings (SSSR count). The summed E-state index contributed by atoms with van der Waals surface area (Å²) in [6.07, 6.45) is 3.58. The number of nitriles is 1. The Hall–Kier alpha value is -1.63. The number of hydrogen-bond donors (Lipinski definition) is 0. The molecule has 4 nitrogen and oxygen atoms in total. The summed E-state index contributed by atoms with van der Waals surface area (Å²) in [5, 5.41) is 8.51. The highest BCUT2D eigenvalue weighted by molar-refractivity contribution is 5.71. The van der Waals surface area contributed by atoms with Crippen LogP contribution >= 0.6 is 0 Å². The predicted octanol–water partition coefficient (Wildman–Crippen LogP) is 0.780. The van der Waals surface area contributed by atoms with Crippen LogP contribution in [-0.2, 0) is 0 Å². The molecule has 0 N–H and O–H groups in total. The lowest BCUT2D eigenvalue weighted by molar-refractivity contribution is 0.111. The average molecular weight is 149 g/mol. The van der Waals surface area contributed by atoms with Gasteiger partial charge in [0.25, 0.3) is 0 Å². The van der Waals surface area contributed by atoms with Crippen LogP contribution in [0, 0.1) is 11.3 Å². The van der Waals surface area contributed by atoms with E-state index in [-0.39, 0.29) is 6.04 Å². The summed E-state index contributed by atoms with van der Waals surface area (Å²) in [5.74, 6) is 0. The molecule has 0 saturated heterocycles. The minimum atomic E-state index is -0.335. The van der Waals surface area contributed by atoms with Crippen molar-refractivity contribution < 1.29 is 4.79 Å². The minimum Gasteiger partial charge on any atom is -0.312 e. The fourth-order valence-electron chi connectivity index (χ4n) is 0.792. The first-order valence-electron chi connectivity index (χ1n) is 3.16. The molecule has 0 saturated carbocycles. The number of nitrogens with zero attached hydrogens (tertiary/aromatic N) is 3. The first-order valence-corrected chi connectivity index (χ1v) is 3.16. The van der Waals surface area contributed by atoms with Gasteiger partial charge >= 0.3 is 0 Å². The van der Waals surface area contributed by atoms with Crippen LogP contribution in [0.25, 0.3) is 0 Å². The Morgan fingerprint density at radius 2 is 2.64 bits per heavy atom. The first kappa shape index (κ1) is 7.48. The molecule has 0 bridgehead atoms. The van der Waals surface area contributed by atoms with E-state index in [0.717, 1.165) is 0 Å². The van der Waals surface area contributed by atoms with Gasteiger partial charge < -0.3 is 4.57 Å². The topological polar surface area (TPSA) is 58.7 Å². The smallest absolute Gasteiger partial charge is 0.168 e. The maximum absolute atomic E-state index is 10.3. The van der Waals surface area contributed by atoms with Crippen molar-refractivity contribution in [2.24, 2.45) is 0 Å². The normalized spacial score (nSPS) is 12.0. The Kier molecular flexibility index (Phi) is 2.02. The molecule has 56 valence electrons. The average Bonchev–Trinajstić information content (AvgIpc) is 2.50. The highest BCUT2D eigenvalue weighted by atomic mass is 16.1. The van der Waals surface area contributed by atoms with Gasteiger partial charge in [-0.05, 0) is 6.92 Å². The van der Waals surface area contributed by atoms with Crippen molar-refractivity contribution in [1.29, 1.82) is 5.26 Å². The Bertz CT molecular complexity index is 297. The summed E-state index contributed by atoms with van der Waals surface area (Å²) in [6.45, 7) is 1.70. The summed E-state index contributed by atoms with van der Waals surface area (Å²) < 4.78 is 1.52. The monoisotopic (exact) mass is 149 g/mol. The van der Waals surface area contributed by atoms with E-state index in [1.165, 1.54) is 17.1 Å². The van der Waals surface area contributed by atoms with Gasteiger partial charge in [0.15, 0.2) is 6.29 Å². The number of imidazole rings is 1. The molecule has 1 heterocycles. The molecule has 0 fully saturated rings. The maximum atomic E-state index is 10.3. The zero-order chi connectivity index (χ0) is 8.27. The van der Waals surface area contributed by atoms with E-state index >= 15 is 0 Å². The third-order valence-electron chi connectivity index (χ3n) is 1.42. The Morgan fingerprint density at radius 1 is 1.91 bits per heavy atom. The van der Waals surface area contributed by atoms with Crippen molar-refractivity contribution in [3.63, 3.8) is 0 Å². The molecule has 0 radical (unpaired) electrons. The van der Waals surface area contributed by atoms with Gasteiger partial charge in [0.2, 0.25) is 0 Å². The second kappa shape index (κ2) is 2.97. The Labute approximate surface area is 64.1 Å². The second-order valence-electron chi connectivity index (χ2n) is 2.15. The molecule has 0 aliphatic carbocycles. The molecule has 0 aliphatic rings. The lowest BCUT2D eigenvalue weighted by atomic mass is 10.3. The van der Waals surface area contributed by atoms with Crippen molar-refractivity contribution in [2.45, 2.75) is 13.0 Å². The molecule has 11 heavy (non-hydrogen) atoms. The molecule has 4 heteroatoms. The van der Waals surface area contributed by atoms with Crippen LogP contribution in [0.1, 0.15) is 23.5 Å². The second-order valence-corrected chi connectivity index (χ2v) is 2.15. The predicted molar refractivity (Wildman–Crippen MR) is 37.9 cm³/mol. The maximum Gasteiger partial charge on any atom is 0.168 e. The van der Waals surface area contributed by atoms with E-state index in [0.29, 0.717) is 12.0 Å². The number of aldehydes is 1. The highest BCUT2D eigenvalue weighted by Gasteiger charge is 2.05. The fraction of sp³-hybridized carbons (Fsp3) is 0.286. The third kappa shape index (κ3) is 1.27. The van der Waals surface area contributed by atoms with Crippen LogP contribution in [0.3, 0.4) is 0 Å². The summed E-state index contributed by atoms with van der Waals surface area (Å²) in [4.78, 5) is 14.1. The van der Waals surface area contributed by atoms with Crippen LogP contribution < -0.4 is 0 Å². The lowest BCUT2D eigenvalue weighted by Gasteiger charge is -2.03. The van der Waals surface area contributed by atoms with E-state index < -0.39 is 0 Å². The van der Waals surface area contributed by atoms with Crippen molar-refractivity contribution in [2.75, 3.05) is 0 Å². The molecule has 0 spiro atoms. The molecule has 0 amide bonds. The number of carbonyl (C=O) groups is 1. The van der Waals surface area contributed by atoms with Crippen LogP contribution in [0.15, 0.2) is 12.5 Å². The number of aromatic nitrogens is 2. The molecule has 0 aliphatic heterocycles. The van der Waals surface area contributed by atoms with Gasteiger partial charge in [-0.25, -0.2) is 4.98 Å². The lowest BCUT2D eigenvalue weighted by Crippen LogP contribution is -2.04. The van der Waals surface area contributed by atoms with Gasteiger partial charge in [0.1, 0.15) is 11.7 Å². The van der Waals surface area contributed by atoms with Crippen LogP contribution in [0.4, 0.5) is 0 Å². The zero-order valence-corrected chi connectivity index (χ0v) is 6.06. The standard InChI is InChI=1S/C7H7N3O/c1-6(2-8)10-5-9-3-7(10)4-11/h3-6H,1H3. The van der Waals surface area contributed by atoms with E-state index in [9.17, 15) is 4.79 Å². The van der Waals surface area contributed by atoms with E-state index in [1.807, 2.05) is 6.07 Å². The largest absolute Gasteiger partial charge is 0.312 e. The quantitative estimate of drug-likeness (QED) is 0.584. The zero-order valence-electron chi connectivity index (χ0n) is 6.06. The summed E-state index contributed by atoms with van der Waals surface area (Å²) in [6, 6.07) is 1.67. The van der Waals surface area contributed by atoms with Crippen LogP contribution in [-0.4, -0.2) is 15.8 Å². The summed E-state index contributed by atoms with van der Waals surface area (Å²) in [5.41, 5.74) is 0.430. The number of carbonyl (C=O) groups excluding carboxylic acids is 1. The Morgan fingerprint density at radius 3 is 3.18 bits per heavy atom. The molecule has 1 atom stereocenters. The number of hydrogen-bond acceptors (Lipinski definition) is 3. The van der Waals surface area contributed by atoms with Gasteiger partial charge in [-0.1, -0.05) is 0 Å². The van der Waals surface area contributed by atoms with Crippen molar-refractivity contribution in [3.05, 3.63) is 18.2 Å². The third-order valence-corrected chi connectivity index (χ3v) is 1.42. The van der Waals surface area contributed by atoms with Gasteiger partial charge in [-0.2, -0.15) is 5.26 Å². The van der Waals surface area contributed by atoms with E-state index in [1.54, 1.807) is 6.92 Å². The van der Waals surface area contributed by atoms with Gasteiger partial charge in [-0.15, -0.1) is 0 Å². The summed E-state index contributed by atoms with van der Waals surface area (Å²) in [7, 11) is 0. The molecule has 1 aromatic rings. The van der Waals surface area contributed by atoms with Crippen molar-refractivity contribution in [3.8, 4) is 6.07 Å². The summed E-state index contributed by atoms with van der Waals surface area (Å²) >= 11 is 0. The van der Waals surface area contributed by atoms with Gasteiger partial charge in [-0.3, -0.25) is 4.79 Å².